The number of pyridine rings is 1. The van der Waals surface area contributed by atoms with Crippen molar-refractivity contribution < 1.29 is 28.9 Å². The largest absolute Gasteiger partial charge is 0.500 e. The van der Waals surface area contributed by atoms with E-state index in [0.717, 1.165) is 55.7 Å². The van der Waals surface area contributed by atoms with Gasteiger partial charge in [0.2, 0.25) is 0 Å². The number of halogens is 1. The molecule has 3 heterocycles. The third-order valence-corrected chi connectivity index (χ3v) is 12.8. The van der Waals surface area contributed by atoms with Crippen molar-refractivity contribution in [2.75, 3.05) is 0 Å². The zero-order valence-electron chi connectivity index (χ0n) is 34.8. The second-order valence-electron chi connectivity index (χ2n) is 16.6. The molecule has 60 heavy (non-hydrogen) atoms. The second-order valence-corrected chi connectivity index (χ2v) is 21.6. The van der Waals surface area contributed by atoms with Crippen LogP contribution in [-0.4, -0.2) is 22.6 Å². The van der Waals surface area contributed by atoms with Crippen molar-refractivity contribution in [1.82, 2.24) is 14.5 Å². The summed E-state index contributed by atoms with van der Waals surface area (Å²) in [7, 11) is -1.30. The maximum atomic E-state index is 12.8. The molecule has 5 nitrogen and oxygen atoms in total. The number of nitrogens with zero attached hydrogens (tertiary/aromatic N) is 4. The number of nitriles is 1. The minimum atomic E-state index is -1.30. The fourth-order valence-electron chi connectivity index (χ4n) is 7.58. The van der Waals surface area contributed by atoms with E-state index in [9.17, 15) is 9.65 Å². The van der Waals surface area contributed by atoms with Gasteiger partial charge in [0.25, 0.3) is 0 Å². The van der Waals surface area contributed by atoms with Gasteiger partial charge in [-0.2, -0.15) is 5.26 Å². The molecule has 0 aliphatic rings. The van der Waals surface area contributed by atoms with E-state index in [4.69, 9.17) is 9.40 Å². The number of para-hydroxylation sites is 2. The number of imidazole rings is 1. The maximum absolute atomic E-state index is 12.8. The summed E-state index contributed by atoms with van der Waals surface area (Å²) in [5, 5.41) is 12.7. The number of hydrogen-bond acceptors (Lipinski definition) is 4. The van der Waals surface area contributed by atoms with Gasteiger partial charge in [-0.1, -0.05) is 119 Å². The van der Waals surface area contributed by atoms with Gasteiger partial charge in [-0.3, -0.25) is 9.37 Å². The molecule has 9 aromatic rings. The van der Waals surface area contributed by atoms with Crippen LogP contribution in [0.4, 0.5) is 4.39 Å². The van der Waals surface area contributed by atoms with Gasteiger partial charge in [-0.05, 0) is 81.4 Å². The molecule has 0 spiro atoms. The predicted molar refractivity (Wildman–Crippen MR) is 242 cm³/mol. The van der Waals surface area contributed by atoms with Crippen LogP contribution in [0.15, 0.2) is 138 Å². The van der Waals surface area contributed by atoms with Gasteiger partial charge < -0.3 is 14.0 Å². The number of furan rings is 1. The Kier molecular flexibility index (Phi) is 12.2. The van der Waals surface area contributed by atoms with Gasteiger partial charge in [0.1, 0.15) is 5.58 Å². The van der Waals surface area contributed by atoms with Crippen molar-refractivity contribution in [3.8, 4) is 45.5 Å². The molecule has 0 unspecified atom stereocenters. The first-order valence-electron chi connectivity index (χ1n) is 20.0. The van der Waals surface area contributed by atoms with Crippen LogP contribution >= 0.6 is 0 Å². The van der Waals surface area contributed by atoms with Crippen molar-refractivity contribution in [2.45, 2.75) is 59.2 Å². The van der Waals surface area contributed by atoms with E-state index in [1.165, 1.54) is 39.6 Å². The Morgan fingerprint density at radius 2 is 1.48 bits per heavy atom. The molecule has 1 radical (unpaired) electrons. The molecule has 0 saturated carbocycles. The number of hydrogen-bond donors (Lipinski definition) is 0. The normalized spacial score (nSPS) is 11.5. The van der Waals surface area contributed by atoms with Crippen LogP contribution < -0.4 is 5.19 Å². The second kappa shape index (κ2) is 17.3. The molecule has 3 aromatic heterocycles. The third kappa shape index (κ3) is 8.26. The number of benzene rings is 6. The summed E-state index contributed by atoms with van der Waals surface area (Å²) < 4.78 is 21.6. The fourth-order valence-corrected chi connectivity index (χ4v) is 8.61. The first-order valence-corrected chi connectivity index (χ1v) is 23.5. The van der Waals surface area contributed by atoms with E-state index in [1.54, 1.807) is 12.1 Å². The van der Waals surface area contributed by atoms with Crippen molar-refractivity contribution in [2.24, 2.45) is 0 Å². The van der Waals surface area contributed by atoms with E-state index in [-0.39, 0.29) is 37.8 Å². The summed E-state index contributed by atoms with van der Waals surface area (Å²) in [5.41, 5.74) is 12.5. The molecular formula is C52H45FIrN4OSi-2. The van der Waals surface area contributed by atoms with E-state index in [2.05, 4.69) is 142 Å². The summed E-state index contributed by atoms with van der Waals surface area (Å²) >= 11 is 0. The average Bonchev–Trinajstić information content (AvgIpc) is 3.82. The Morgan fingerprint density at radius 3 is 2.12 bits per heavy atom. The summed E-state index contributed by atoms with van der Waals surface area (Å²) in [4.78, 5) is 9.64. The number of rotatable bonds is 7. The number of fused-ring (bicyclic) bond motifs is 4. The quantitative estimate of drug-likeness (QED) is 0.118. The fraction of sp³-hybridized carbons (Fsp3) is 0.173. The summed E-state index contributed by atoms with van der Waals surface area (Å²) in [6.45, 7) is 15.9. The Bertz CT molecular complexity index is 2960. The van der Waals surface area contributed by atoms with Crippen molar-refractivity contribution in [3.05, 3.63) is 168 Å². The van der Waals surface area contributed by atoms with Crippen LogP contribution in [0, 0.1) is 29.3 Å². The van der Waals surface area contributed by atoms with E-state index >= 15 is 0 Å². The van der Waals surface area contributed by atoms with Crippen LogP contribution in [0.5, 0.6) is 0 Å². The summed E-state index contributed by atoms with van der Waals surface area (Å²) in [6, 6.07) is 50.3. The van der Waals surface area contributed by atoms with Crippen molar-refractivity contribution in [3.63, 3.8) is 0 Å². The molecule has 0 bridgehead atoms. The Morgan fingerprint density at radius 1 is 0.767 bits per heavy atom. The molecule has 0 aliphatic carbocycles. The van der Waals surface area contributed by atoms with Crippen LogP contribution in [0.2, 0.25) is 19.6 Å². The van der Waals surface area contributed by atoms with Crippen LogP contribution in [0.25, 0.3) is 72.4 Å². The molecule has 301 valence electrons. The van der Waals surface area contributed by atoms with Gasteiger partial charge in [-0.25, -0.2) is 0 Å². The topological polar surface area (TPSA) is 67.6 Å². The summed E-state index contributed by atoms with van der Waals surface area (Å²) in [5.74, 6) is 1.06. The van der Waals surface area contributed by atoms with Crippen LogP contribution in [0.3, 0.4) is 0 Å². The number of aromatic nitrogens is 3. The summed E-state index contributed by atoms with van der Waals surface area (Å²) in [6.07, 6.45) is 1.93. The maximum Gasteiger partial charge on any atom is 0.122 e. The predicted octanol–water partition coefficient (Wildman–Crippen LogP) is 13.4. The van der Waals surface area contributed by atoms with Gasteiger partial charge in [0.05, 0.1) is 42.1 Å². The molecule has 0 saturated heterocycles. The average molecular weight is 981 g/mol. The Labute approximate surface area is 365 Å². The minimum absolute atomic E-state index is 0. The van der Waals surface area contributed by atoms with Gasteiger partial charge in [0, 0.05) is 43.2 Å². The molecule has 0 atom stereocenters. The zero-order chi connectivity index (χ0) is 41.4. The molecule has 8 heteroatoms. The van der Waals surface area contributed by atoms with E-state index in [0.29, 0.717) is 11.1 Å². The van der Waals surface area contributed by atoms with E-state index in [1.807, 2.05) is 42.6 Å². The minimum Gasteiger partial charge on any atom is -0.500 e. The van der Waals surface area contributed by atoms with E-state index < -0.39 is 8.07 Å². The van der Waals surface area contributed by atoms with Crippen LogP contribution in [-0.2, 0) is 20.1 Å². The zero-order valence-corrected chi connectivity index (χ0v) is 38.2. The van der Waals surface area contributed by atoms with Crippen LogP contribution in [0.1, 0.15) is 56.2 Å². The monoisotopic (exact) mass is 981 g/mol. The first kappa shape index (κ1) is 42.2. The molecule has 0 aliphatic heterocycles. The SMILES string of the molecule is CC(C)c1cc(-c2ccccc2)cc(C(C)C)c1-n1c(-c2[c-]ccc3c2oc2cc(C#N)ccc23)nc2ccccc21.C[Si](C)(C)c1ccc(-c2[c-]cc(F)cc2)nc1.[Ir]. The van der Waals surface area contributed by atoms with Gasteiger partial charge in [-0.15, -0.1) is 48.0 Å². The molecular weight excluding hydrogens is 936 g/mol. The molecule has 0 N–H and O–H groups in total. The van der Waals surface area contributed by atoms with Gasteiger partial charge in [0.15, 0.2) is 0 Å². The molecule has 0 amide bonds. The van der Waals surface area contributed by atoms with Gasteiger partial charge >= 0.3 is 0 Å². The molecule has 9 rings (SSSR count). The standard InChI is InChI=1S/C38H30N3O.C14H15FNSi.Ir/c1-23(2)31-20-27(26-11-6-5-7-12-26)21-32(24(3)4)36(31)41-34-16-9-8-15-33(34)40-38(41)30-14-10-13-29-28-18-17-25(22-39)19-35(28)42-37(29)30;1-17(2,3)13-8-9-14(16-10-13)11-4-6-12(15)7-5-11;/h5-13,15-21,23-24H,1-4H3;4,6-10H,1-3H3;/q2*-1;. The first-order chi connectivity index (χ1) is 28.4. The third-order valence-electron chi connectivity index (χ3n) is 10.8. The Balaban J connectivity index is 0.000000255. The molecule has 6 aromatic carbocycles. The Hall–Kier alpha value is -5.97. The van der Waals surface area contributed by atoms with Crippen molar-refractivity contribution in [1.29, 1.82) is 5.26 Å². The van der Waals surface area contributed by atoms with Crippen molar-refractivity contribution >= 4 is 46.2 Å². The molecule has 0 fully saturated rings. The smallest absolute Gasteiger partial charge is 0.122 e.